The summed E-state index contributed by atoms with van der Waals surface area (Å²) in [5.74, 6) is -0.357. The number of amides is 4. The number of hydrogen-bond donors (Lipinski definition) is 6. The van der Waals surface area contributed by atoms with E-state index in [1.807, 2.05) is 0 Å². The van der Waals surface area contributed by atoms with Crippen molar-refractivity contribution in [3.8, 4) is 5.75 Å². The van der Waals surface area contributed by atoms with Gasteiger partial charge in [-0.2, -0.15) is 0 Å². The second-order valence-electron chi connectivity index (χ2n) is 14.0. The Morgan fingerprint density at radius 3 is 2.36 bits per heavy atom. The molecule has 0 aliphatic carbocycles. The minimum absolute atomic E-state index is 0.0243. The lowest BCUT2D eigenvalue weighted by Gasteiger charge is -2.27. The number of nitrogens with one attached hydrogen (secondary N) is 4. The maximum Gasteiger partial charge on any atom is 0.408 e. The number of unbranched alkanes of at least 4 members (excludes halogenated alkanes) is 1. The molecule has 18 nitrogen and oxygen atoms in total. The molecule has 2 aromatic heterocycles. The summed E-state index contributed by atoms with van der Waals surface area (Å²) < 4.78 is 18.2. The minimum atomic E-state index is -1.37. The number of carbonyl (C=O) groups excluding carboxylic acids is 4. The quantitative estimate of drug-likeness (QED) is 0.110. The van der Waals surface area contributed by atoms with Crippen molar-refractivity contribution in [3.63, 3.8) is 0 Å². The highest BCUT2D eigenvalue weighted by Gasteiger charge is 2.46. The highest BCUT2D eigenvalue weighted by molar-refractivity contribution is 5.91. The highest BCUT2D eigenvalue weighted by Crippen LogP contribution is 2.32. The molecule has 0 radical (unpaired) electrons. The molecule has 0 bridgehead atoms. The van der Waals surface area contributed by atoms with Gasteiger partial charge >= 0.3 is 6.09 Å². The van der Waals surface area contributed by atoms with Crippen molar-refractivity contribution in [2.45, 2.75) is 95.5 Å². The molecule has 1 aliphatic heterocycles. The van der Waals surface area contributed by atoms with Crippen LogP contribution in [0.15, 0.2) is 36.9 Å². The number of imidazole rings is 1. The topological polar surface area (TPSA) is 231 Å². The second-order valence-corrected chi connectivity index (χ2v) is 14.0. The van der Waals surface area contributed by atoms with Gasteiger partial charge in [-0.05, 0) is 57.7 Å². The lowest BCUT2D eigenvalue weighted by atomic mass is 10.0. The number of fused-ring (bicyclic) bond motifs is 1. The predicted octanol–water partition coefficient (Wildman–Crippen LogP) is 0.564. The van der Waals surface area contributed by atoms with E-state index in [4.69, 9.17) is 14.2 Å². The number of hydrogen-bond acceptors (Lipinski definition) is 13. The molecular weight excluding hydrogens is 690 g/mol. The van der Waals surface area contributed by atoms with Crippen LogP contribution in [0.3, 0.4) is 0 Å². The van der Waals surface area contributed by atoms with Crippen LogP contribution in [0.4, 0.5) is 10.6 Å². The van der Waals surface area contributed by atoms with E-state index in [2.05, 4.69) is 36.2 Å². The number of rotatable bonds is 16. The number of alkyl carbamates (subject to hydrolysis) is 1. The Bertz CT molecular complexity index is 1710. The van der Waals surface area contributed by atoms with Gasteiger partial charge in [-0.15, -0.1) is 0 Å². The molecule has 1 aromatic carbocycles. The van der Waals surface area contributed by atoms with Crippen molar-refractivity contribution in [1.29, 1.82) is 0 Å². The summed E-state index contributed by atoms with van der Waals surface area (Å²) in [6.45, 7) is 6.33. The lowest BCUT2D eigenvalue weighted by Crippen LogP contribution is -2.58. The first-order valence-corrected chi connectivity index (χ1v) is 17.4. The Labute approximate surface area is 308 Å². The van der Waals surface area contributed by atoms with Crippen LogP contribution in [0.2, 0.25) is 0 Å². The molecule has 2 unspecified atom stereocenters. The Kier molecular flexibility index (Phi) is 13.9. The van der Waals surface area contributed by atoms with Crippen molar-refractivity contribution in [2.75, 3.05) is 39.3 Å². The van der Waals surface area contributed by atoms with Crippen LogP contribution in [0.25, 0.3) is 11.2 Å². The smallest absolute Gasteiger partial charge is 0.408 e. The average molecular weight is 742 g/mol. The number of methoxy groups -OCH3 is 1. The molecule has 290 valence electrons. The number of anilines is 1. The average Bonchev–Trinajstić information content (AvgIpc) is 3.66. The Balaban J connectivity index is 1.57. The van der Waals surface area contributed by atoms with E-state index in [0.29, 0.717) is 47.7 Å². The molecule has 3 aromatic rings. The number of aromatic nitrogens is 4. The fraction of sp³-hybridized carbons (Fsp3) is 0.571. The molecule has 1 fully saturated rings. The third-order valence-corrected chi connectivity index (χ3v) is 8.43. The zero-order valence-corrected chi connectivity index (χ0v) is 31.2. The minimum Gasteiger partial charge on any atom is -0.497 e. The zero-order valence-electron chi connectivity index (χ0n) is 31.2. The van der Waals surface area contributed by atoms with Gasteiger partial charge < -0.3 is 50.6 Å². The number of ether oxygens (including phenoxy) is 3. The molecule has 1 saturated heterocycles. The molecule has 1 aliphatic rings. The molecule has 0 saturated carbocycles. The van der Waals surface area contributed by atoms with E-state index < -0.39 is 66.7 Å². The van der Waals surface area contributed by atoms with E-state index in [1.165, 1.54) is 31.3 Å². The Morgan fingerprint density at radius 2 is 1.74 bits per heavy atom. The second kappa shape index (κ2) is 18.1. The fourth-order valence-electron chi connectivity index (χ4n) is 5.86. The van der Waals surface area contributed by atoms with Crippen LogP contribution in [0.5, 0.6) is 5.75 Å². The van der Waals surface area contributed by atoms with Crippen molar-refractivity contribution < 1.29 is 43.6 Å². The predicted molar refractivity (Wildman–Crippen MR) is 193 cm³/mol. The van der Waals surface area contributed by atoms with Crippen LogP contribution >= 0.6 is 0 Å². The number of benzene rings is 1. The van der Waals surface area contributed by atoms with Gasteiger partial charge in [-0.25, -0.2) is 19.7 Å². The van der Waals surface area contributed by atoms with Crippen LogP contribution in [0, 0.1) is 0 Å². The number of aliphatic hydroxyl groups is 2. The van der Waals surface area contributed by atoms with Crippen molar-refractivity contribution in [1.82, 2.24) is 40.8 Å². The first-order valence-electron chi connectivity index (χ1n) is 17.4. The third kappa shape index (κ3) is 11.0. The Morgan fingerprint density at radius 1 is 1.02 bits per heavy atom. The van der Waals surface area contributed by atoms with E-state index in [-0.39, 0.29) is 18.7 Å². The van der Waals surface area contributed by atoms with Crippen LogP contribution in [0.1, 0.15) is 58.7 Å². The van der Waals surface area contributed by atoms with Crippen LogP contribution < -0.4 is 30.9 Å². The molecule has 53 heavy (non-hydrogen) atoms. The highest BCUT2D eigenvalue weighted by atomic mass is 16.6. The molecule has 4 rings (SSSR count). The first kappa shape index (κ1) is 40.7. The van der Waals surface area contributed by atoms with Gasteiger partial charge in [0.15, 0.2) is 23.2 Å². The molecule has 18 heteroatoms. The molecular formula is C35H51N9O9. The summed E-state index contributed by atoms with van der Waals surface area (Å²) in [4.78, 5) is 66.8. The van der Waals surface area contributed by atoms with E-state index in [1.54, 1.807) is 64.0 Å². The van der Waals surface area contributed by atoms with Gasteiger partial charge in [0, 0.05) is 34.0 Å². The maximum atomic E-state index is 14.1. The monoisotopic (exact) mass is 741 g/mol. The summed E-state index contributed by atoms with van der Waals surface area (Å²) in [5, 5.41) is 32.7. The summed E-state index contributed by atoms with van der Waals surface area (Å²) in [6, 6.07) is 3.53. The third-order valence-electron chi connectivity index (χ3n) is 8.43. The summed E-state index contributed by atoms with van der Waals surface area (Å²) >= 11 is 0. The lowest BCUT2D eigenvalue weighted by molar-refractivity contribution is -0.131. The molecule has 6 atom stereocenters. The molecule has 6 N–H and O–H groups in total. The van der Waals surface area contributed by atoms with Gasteiger partial charge in [-0.3, -0.25) is 19.0 Å². The van der Waals surface area contributed by atoms with E-state index >= 15 is 0 Å². The summed E-state index contributed by atoms with van der Waals surface area (Å²) in [5.41, 5.74) is 0.692. The molecule has 0 spiro atoms. The van der Waals surface area contributed by atoms with Crippen molar-refractivity contribution in [2.24, 2.45) is 0 Å². The summed E-state index contributed by atoms with van der Waals surface area (Å²) in [7, 11) is 5.14. The fourth-order valence-corrected chi connectivity index (χ4v) is 5.86. The largest absolute Gasteiger partial charge is 0.497 e. The van der Waals surface area contributed by atoms with Gasteiger partial charge in [0.25, 0.3) is 0 Å². The molecule has 4 amide bonds. The van der Waals surface area contributed by atoms with Gasteiger partial charge in [0.1, 0.15) is 42.0 Å². The Hall–Kier alpha value is -5.07. The SMILES string of the molecule is COc1ccc(CC(NC(=O)[C@@H](CCCCNC(C)=O)NC(=O)OC(C)(C)C)C(=O)NC2[C@@H](CO)O[C@@H](n3cnc4c(N(C)C)ncnc43)[C@H]2O)cc1. The zero-order chi connectivity index (χ0) is 38.9. The number of carbonyl (C=O) groups is 4. The number of nitrogens with zero attached hydrogens (tertiary/aromatic N) is 5. The van der Waals surface area contributed by atoms with Crippen molar-refractivity contribution >= 4 is 40.8 Å². The van der Waals surface area contributed by atoms with E-state index in [0.717, 1.165) is 0 Å². The van der Waals surface area contributed by atoms with Crippen molar-refractivity contribution in [3.05, 3.63) is 42.5 Å². The maximum absolute atomic E-state index is 14.1. The summed E-state index contributed by atoms with van der Waals surface area (Å²) in [6.07, 6.45) is -0.288. The van der Waals surface area contributed by atoms with Gasteiger partial charge in [0.05, 0.1) is 26.1 Å². The van der Waals surface area contributed by atoms with Gasteiger partial charge in [-0.1, -0.05) is 12.1 Å². The standard InChI is InChI=1S/C35H51N9O9/c1-20(46)36-15-9-8-10-23(41-34(50)53-35(2,3)4)31(48)40-24(16-21-11-13-22(51-7)14-12-21)32(49)42-26-25(17-45)52-33(28(26)47)44-19-39-27-29(43(5)6)37-18-38-30(27)44/h11-14,18-19,23-26,28,33,45,47H,8-10,15-17H2,1-7H3,(H,36,46)(H,40,48)(H,41,50)(H,42,49)/t23-,24?,25-,26?,28+,33-/m1/s1. The number of aliphatic hydroxyl groups excluding tert-OH is 2. The van der Waals surface area contributed by atoms with Crippen LogP contribution in [-0.4, -0.2) is 124 Å². The van der Waals surface area contributed by atoms with E-state index in [9.17, 15) is 29.4 Å². The molecule has 3 heterocycles. The van der Waals surface area contributed by atoms with Gasteiger partial charge in [0.2, 0.25) is 17.7 Å². The first-order chi connectivity index (χ1) is 25.1. The van der Waals surface area contributed by atoms with Crippen LogP contribution in [-0.2, 0) is 30.3 Å². The normalized spacial score (nSPS) is 19.6.